The zero-order valence-corrected chi connectivity index (χ0v) is 10.9. The molecule has 0 aliphatic carbocycles. The van der Waals surface area contributed by atoms with Gasteiger partial charge in [0.05, 0.1) is 5.33 Å². The fourth-order valence-corrected chi connectivity index (χ4v) is 1.74. The number of halogens is 2. The summed E-state index contributed by atoms with van der Waals surface area (Å²) in [6, 6.07) is 7.30. The molecule has 0 atom stereocenters. The van der Waals surface area contributed by atoms with Crippen LogP contribution in [0.15, 0.2) is 24.3 Å². The third-order valence-corrected chi connectivity index (χ3v) is 2.73. The lowest BCUT2D eigenvalue weighted by Crippen LogP contribution is -2.32. The molecule has 1 amide bonds. The topological polar surface area (TPSA) is 20.3 Å². The standard InChI is InChI=1S/C11H13BrClNO/c1-2-7-14(11(15)8-12)10-5-3-9(13)4-6-10/h3-6H,2,7-8H2,1H3. The predicted molar refractivity (Wildman–Crippen MR) is 67.9 cm³/mol. The molecule has 0 saturated heterocycles. The monoisotopic (exact) mass is 289 g/mol. The minimum atomic E-state index is 0.0687. The van der Waals surface area contributed by atoms with Gasteiger partial charge in [0, 0.05) is 17.3 Å². The molecule has 0 fully saturated rings. The number of nitrogens with zero attached hydrogens (tertiary/aromatic N) is 1. The van der Waals surface area contributed by atoms with Crippen LogP contribution in [0.3, 0.4) is 0 Å². The zero-order chi connectivity index (χ0) is 11.3. The second-order valence-electron chi connectivity index (χ2n) is 3.16. The van der Waals surface area contributed by atoms with E-state index in [0.29, 0.717) is 10.4 Å². The Labute approximate surface area is 103 Å². The molecular formula is C11H13BrClNO. The van der Waals surface area contributed by atoms with Crippen LogP contribution in [0.4, 0.5) is 5.69 Å². The highest BCUT2D eigenvalue weighted by atomic mass is 79.9. The number of amides is 1. The Kier molecular flexibility index (Phi) is 5.12. The largest absolute Gasteiger partial charge is 0.312 e. The van der Waals surface area contributed by atoms with Crippen molar-refractivity contribution >= 4 is 39.1 Å². The van der Waals surface area contributed by atoms with Gasteiger partial charge in [-0.25, -0.2) is 0 Å². The van der Waals surface area contributed by atoms with E-state index in [9.17, 15) is 4.79 Å². The fourth-order valence-electron chi connectivity index (χ4n) is 1.31. The van der Waals surface area contributed by atoms with E-state index in [1.54, 1.807) is 17.0 Å². The molecule has 0 saturated carbocycles. The van der Waals surface area contributed by atoms with Gasteiger partial charge in [0.15, 0.2) is 0 Å². The maximum absolute atomic E-state index is 11.6. The van der Waals surface area contributed by atoms with Crippen LogP contribution >= 0.6 is 27.5 Å². The van der Waals surface area contributed by atoms with E-state index in [1.807, 2.05) is 19.1 Å². The first-order valence-electron chi connectivity index (χ1n) is 4.81. The number of carbonyl (C=O) groups excluding carboxylic acids is 1. The zero-order valence-electron chi connectivity index (χ0n) is 8.54. The summed E-state index contributed by atoms with van der Waals surface area (Å²) in [6.45, 7) is 2.77. The lowest BCUT2D eigenvalue weighted by molar-refractivity contribution is -0.116. The van der Waals surface area contributed by atoms with Gasteiger partial charge in [0.25, 0.3) is 0 Å². The average Bonchev–Trinajstić information content (AvgIpc) is 2.26. The summed E-state index contributed by atoms with van der Waals surface area (Å²) in [5.74, 6) is 0.0687. The number of alkyl halides is 1. The van der Waals surface area contributed by atoms with Crippen LogP contribution in [0.1, 0.15) is 13.3 Å². The summed E-state index contributed by atoms with van der Waals surface area (Å²) in [5, 5.41) is 1.02. The van der Waals surface area contributed by atoms with Crippen molar-refractivity contribution in [2.45, 2.75) is 13.3 Å². The summed E-state index contributed by atoms with van der Waals surface area (Å²) in [7, 11) is 0. The van der Waals surface area contributed by atoms with Crippen molar-refractivity contribution in [3.8, 4) is 0 Å². The first-order chi connectivity index (χ1) is 7.19. The van der Waals surface area contributed by atoms with E-state index < -0.39 is 0 Å². The third-order valence-electron chi connectivity index (χ3n) is 2.00. The van der Waals surface area contributed by atoms with Crippen LogP contribution in [-0.2, 0) is 4.79 Å². The lowest BCUT2D eigenvalue weighted by Gasteiger charge is -2.21. The molecule has 1 aromatic rings. The van der Waals surface area contributed by atoms with E-state index in [1.165, 1.54) is 0 Å². The van der Waals surface area contributed by atoms with Crippen LogP contribution in [0.25, 0.3) is 0 Å². The normalized spacial score (nSPS) is 10.1. The van der Waals surface area contributed by atoms with Crippen LogP contribution in [0.2, 0.25) is 5.02 Å². The Bertz CT molecular complexity index is 326. The van der Waals surface area contributed by atoms with Crippen molar-refractivity contribution in [3.05, 3.63) is 29.3 Å². The highest BCUT2D eigenvalue weighted by Crippen LogP contribution is 2.18. The van der Waals surface area contributed by atoms with Gasteiger partial charge < -0.3 is 4.90 Å². The highest BCUT2D eigenvalue weighted by molar-refractivity contribution is 9.09. The van der Waals surface area contributed by atoms with Crippen LogP contribution in [0.5, 0.6) is 0 Å². The summed E-state index contributed by atoms with van der Waals surface area (Å²) >= 11 is 8.97. The molecular weight excluding hydrogens is 277 g/mol. The van der Waals surface area contributed by atoms with Gasteiger partial charge in [0.1, 0.15) is 0 Å². The maximum atomic E-state index is 11.6. The Balaban J connectivity index is 2.88. The predicted octanol–water partition coefficient (Wildman–Crippen LogP) is 3.48. The van der Waals surface area contributed by atoms with E-state index in [-0.39, 0.29) is 5.91 Å². The highest BCUT2D eigenvalue weighted by Gasteiger charge is 2.12. The van der Waals surface area contributed by atoms with Crippen LogP contribution in [0, 0.1) is 0 Å². The van der Waals surface area contributed by atoms with Gasteiger partial charge in [-0.2, -0.15) is 0 Å². The lowest BCUT2D eigenvalue weighted by atomic mass is 10.2. The van der Waals surface area contributed by atoms with Gasteiger partial charge in [-0.1, -0.05) is 34.5 Å². The van der Waals surface area contributed by atoms with Gasteiger partial charge >= 0.3 is 0 Å². The average molecular weight is 291 g/mol. The molecule has 82 valence electrons. The fraction of sp³-hybridized carbons (Fsp3) is 0.364. The Morgan fingerprint density at radius 2 is 2.00 bits per heavy atom. The van der Waals surface area contributed by atoms with Crippen molar-refractivity contribution in [2.24, 2.45) is 0 Å². The molecule has 1 rings (SSSR count). The van der Waals surface area contributed by atoms with Crippen LogP contribution < -0.4 is 4.90 Å². The number of benzene rings is 1. The molecule has 15 heavy (non-hydrogen) atoms. The summed E-state index contributed by atoms with van der Waals surface area (Å²) < 4.78 is 0. The van der Waals surface area contributed by atoms with Crippen molar-refractivity contribution in [2.75, 3.05) is 16.8 Å². The molecule has 0 N–H and O–H groups in total. The number of hydrogen-bond acceptors (Lipinski definition) is 1. The molecule has 2 nitrogen and oxygen atoms in total. The quantitative estimate of drug-likeness (QED) is 0.778. The first-order valence-corrected chi connectivity index (χ1v) is 6.31. The van der Waals surface area contributed by atoms with Gasteiger partial charge in [-0.15, -0.1) is 0 Å². The van der Waals surface area contributed by atoms with Crippen molar-refractivity contribution < 1.29 is 4.79 Å². The second kappa shape index (κ2) is 6.13. The Morgan fingerprint density at radius 1 is 1.40 bits per heavy atom. The molecule has 1 aromatic carbocycles. The Morgan fingerprint density at radius 3 is 2.47 bits per heavy atom. The number of rotatable bonds is 4. The molecule has 0 heterocycles. The van der Waals surface area contributed by atoms with E-state index in [2.05, 4.69) is 15.9 Å². The SMILES string of the molecule is CCCN(C(=O)CBr)c1ccc(Cl)cc1. The Hall–Kier alpha value is -0.540. The van der Waals surface area contributed by atoms with Gasteiger partial charge in [0.2, 0.25) is 5.91 Å². The molecule has 0 unspecified atom stereocenters. The maximum Gasteiger partial charge on any atom is 0.237 e. The second-order valence-corrected chi connectivity index (χ2v) is 4.15. The molecule has 4 heteroatoms. The summed E-state index contributed by atoms with van der Waals surface area (Å²) in [4.78, 5) is 13.4. The third kappa shape index (κ3) is 3.50. The van der Waals surface area contributed by atoms with E-state index in [4.69, 9.17) is 11.6 Å². The van der Waals surface area contributed by atoms with Gasteiger partial charge in [-0.05, 0) is 30.7 Å². The minimum absolute atomic E-state index is 0.0687. The molecule has 0 aliphatic rings. The molecule has 0 bridgehead atoms. The molecule has 0 aromatic heterocycles. The first kappa shape index (κ1) is 12.5. The van der Waals surface area contributed by atoms with Crippen molar-refractivity contribution in [1.29, 1.82) is 0 Å². The number of hydrogen-bond donors (Lipinski definition) is 0. The number of anilines is 1. The summed E-state index contributed by atoms with van der Waals surface area (Å²) in [5.41, 5.74) is 0.894. The van der Waals surface area contributed by atoms with Crippen molar-refractivity contribution in [1.82, 2.24) is 0 Å². The smallest absolute Gasteiger partial charge is 0.237 e. The van der Waals surface area contributed by atoms with E-state index in [0.717, 1.165) is 18.7 Å². The van der Waals surface area contributed by atoms with Gasteiger partial charge in [-0.3, -0.25) is 4.79 Å². The minimum Gasteiger partial charge on any atom is -0.312 e. The molecule has 0 spiro atoms. The van der Waals surface area contributed by atoms with E-state index >= 15 is 0 Å². The summed E-state index contributed by atoms with van der Waals surface area (Å²) in [6.07, 6.45) is 0.932. The molecule has 0 aliphatic heterocycles. The van der Waals surface area contributed by atoms with Crippen molar-refractivity contribution in [3.63, 3.8) is 0 Å². The molecule has 0 radical (unpaired) electrons. The number of carbonyl (C=O) groups is 1. The van der Waals surface area contributed by atoms with Crippen LogP contribution in [-0.4, -0.2) is 17.8 Å².